The highest BCUT2D eigenvalue weighted by Gasteiger charge is 2.53. The van der Waals surface area contributed by atoms with Gasteiger partial charge in [-0.15, -0.1) is 0 Å². The minimum Gasteiger partial charge on any atom is -0.372 e. The number of carbonyl (C=O) groups excluding carboxylic acids is 1. The lowest BCUT2D eigenvalue weighted by atomic mass is 9.68. The number of hydrogen-bond acceptors (Lipinski definition) is 7. The highest BCUT2D eigenvalue weighted by molar-refractivity contribution is 6.05. The molecule has 2 saturated heterocycles. The van der Waals surface area contributed by atoms with Gasteiger partial charge < -0.3 is 19.1 Å². The van der Waals surface area contributed by atoms with E-state index in [1.807, 2.05) is 25.0 Å². The van der Waals surface area contributed by atoms with E-state index in [0.717, 1.165) is 4.90 Å². The molecule has 4 aliphatic rings. The zero-order valence-electron chi connectivity index (χ0n) is 18.3. The van der Waals surface area contributed by atoms with Crippen LogP contribution in [0.1, 0.15) is 29.9 Å². The van der Waals surface area contributed by atoms with Crippen LogP contribution in [0.25, 0.3) is 11.0 Å². The number of nitrogens with zero attached hydrogens (tertiary/aromatic N) is 4. The van der Waals surface area contributed by atoms with Crippen LogP contribution in [0.5, 0.6) is 0 Å². The van der Waals surface area contributed by atoms with Crippen molar-refractivity contribution in [2.75, 3.05) is 37.7 Å². The van der Waals surface area contributed by atoms with Crippen molar-refractivity contribution in [3.8, 4) is 0 Å². The molecule has 1 unspecified atom stereocenters. The van der Waals surface area contributed by atoms with E-state index >= 15 is 4.39 Å². The summed E-state index contributed by atoms with van der Waals surface area (Å²) in [6.45, 7) is 4.25. The van der Waals surface area contributed by atoms with E-state index in [1.54, 1.807) is 6.07 Å². The molecule has 1 amide bonds. The van der Waals surface area contributed by atoms with E-state index in [2.05, 4.69) is 15.5 Å². The highest BCUT2D eigenvalue weighted by atomic mass is 19.3. The normalized spacial score (nSPS) is 32.6. The third kappa shape index (κ3) is 3.01. The maximum Gasteiger partial charge on any atom is 0.282 e. The third-order valence-corrected chi connectivity index (χ3v) is 7.17. The van der Waals surface area contributed by atoms with E-state index in [0.29, 0.717) is 37.4 Å². The molecule has 0 radical (unpaired) electrons. The number of nitrogens with one attached hydrogen (secondary N) is 1. The fraction of sp³-hybridized carbons (Fsp3) is 0.591. The summed E-state index contributed by atoms with van der Waals surface area (Å²) >= 11 is 0. The van der Waals surface area contributed by atoms with Gasteiger partial charge >= 0.3 is 0 Å². The van der Waals surface area contributed by atoms with Crippen LogP contribution in [-0.4, -0.2) is 79.2 Å². The third-order valence-electron chi connectivity index (χ3n) is 7.17. The summed E-state index contributed by atoms with van der Waals surface area (Å²) in [6.07, 6.45) is 2.16. The van der Waals surface area contributed by atoms with Gasteiger partial charge in [-0.2, -0.15) is 0 Å². The number of alkyl halides is 2. The number of likely N-dealkylation sites (tertiary alicyclic amines) is 1. The largest absolute Gasteiger partial charge is 0.372 e. The molecule has 4 aliphatic heterocycles. The fourth-order valence-electron chi connectivity index (χ4n) is 6.00. The van der Waals surface area contributed by atoms with Gasteiger partial charge in [0, 0.05) is 24.7 Å². The van der Waals surface area contributed by atoms with Crippen molar-refractivity contribution < 1.29 is 27.2 Å². The zero-order chi connectivity index (χ0) is 23.1. The first-order valence-corrected chi connectivity index (χ1v) is 11.1. The number of carbonyl (C=O) groups is 1. The van der Waals surface area contributed by atoms with E-state index in [9.17, 15) is 13.6 Å². The zero-order valence-corrected chi connectivity index (χ0v) is 18.3. The lowest BCUT2D eigenvalue weighted by molar-refractivity contribution is -0.113. The van der Waals surface area contributed by atoms with Crippen LogP contribution < -0.4 is 10.2 Å². The van der Waals surface area contributed by atoms with Crippen LogP contribution in [-0.2, 0) is 11.2 Å². The van der Waals surface area contributed by atoms with Crippen molar-refractivity contribution in [2.45, 2.75) is 44.4 Å². The lowest BCUT2D eigenvalue weighted by Crippen LogP contribution is -2.67. The van der Waals surface area contributed by atoms with E-state index in [4.69, 9.17) is 9.26 Å². The molecule has 11 heteroatoms. The van der Waals surface area contributed by atoms with E-state index in [-0.39, 0.29) is 34.9 Å². The standard InChI is InChI=1S/C22H24F3N5O3/c1-11-5-30-17-13(4-21(6-26-10-27-7-21)19(30)12(2)32-11)3-14-16(28-33-18(14)15(17)23)20(31)29-8-22(24,25)9-29/h3,6,11-12,19,27H,4-5,7-10H2,1-2H3/t11-,12+,19-,21?/m0/s1. The molecule has 1 spiro atoms. The Balaban J connectivity index is 1.48. The number of rotatable bonds is 1. The Morgan fingerprint density at radius 3 is 2.79 bits per heavy atom. The first-order valence-electron chi connectivity index (χ1n) is 11.1. The van der Waals surface area contributed by atoms with Gasteiger partial charge in [0.15, 0.2) is 11.5 Å². The Kier molecular flexibility index (Phi) is 4.39. The number of ether oxygens (including phenoxy) is 1. The van der Waals surface area contributed by atoms with E-state index in [1.165, 1.54) is 0 Å². The topological polar surface area (TPSA) is 83.2 Å². The van der Waals surface area contributed by atoms with Gasteiger partial charge in [0.2, 0.25) is 5.58 Å². The van der Waals surface area contributed by atoms with Crippen molar-refractivity contribution in [3.63, 3.8) is 0 Å². The Morgan fingerprint density at radius 1 is 1.30 bits per heavy atom. The Hall–Kier alpha value is -2.66. The summed E-state index contributed by atoms with van der Waals surface area (Å²) in [5, 5.41) is 7.31. The predicted molar refractivity (Wildman–Crippen MR) is 113 cm³/mol. The average Bonchev–Trinajstić information content (AvgIpc) is 3.15. The molecule has 2 aromatic rings. The van der Waals surface area contributed by atoms with Crippen LogP contribution in [0.2, 0.25) is 0 Å². The molecule has 176 valence electrons. The van der Waals surface area contributed by atoms with Crippen molar-refractivity contribution in [3.05, 3.63) is 23.1 Å². The first kappa shape index (κ1) is 20.9. The predicted octanol–water partition coefficient (Wildman–Crippen LogP) is 2.21. The quantitative estimate of drug-likeness (QED) is 0.699. The second kappa shape index (κ2) is 6.92. The smallest absolute Gasteiger partial charge is 0.282 e. The molecular formula is C22H24F3N5O3. The van der Waals surface area contributed by atoms with Gasteiger partial charge in [-0.1, -0.05) is 5.16 Å². The van der Waals surface area contributed by atoms with Crippen molar-refractivity contribution in [1.82, 2.24) is 15.4 Å². The second-order valence-corrected chi connectivity index (χ2v) is 9.68. The van der Waals surface area contributed by atoms with Crippen molar-refractivity contribution in [2.24, 2.45) is 10.4 Å². The summed E-state index contributed by atoms with van der Waals surface area (Å²) in [5.74, 6) is -4.18. The number of halogens is 3. The van der Waals surface area contributed by atoms with Crippen molar-refractivity contribution >= 4 is 28.8 Å². The van der Waals surface area contributed by atoms with Gasteiger partial charge in [-0.3, -0.25) is 15.1 Å². The number of aromatic nitrogens is 1. The van der Waals surface area contributed by atoms with Crippen LogP contribution in [0, 0.1) is 11.2 Å². The Morgan fingerprint density at radius 2 is 2.09 bits per heavy atom. The average molecular weight is 463 g/mol. The summed E-state index contributed by atoms with van der Waals surface area (Å²) in [6, 6.07) is 1.58. The number of aliphatic imine (C=N–C) groups is 1. The Labute approximate surface area is 187 Å². The number of amides is 1. The Bertz CT molecular complexity index is 1180. The summed E-state index contributed by atoms with van der Waals surface area (Å²) < 4.78 is 53.9. The number of hydrogen-bond donors (Lipinski definition) is 1. The molecule has 1 aromatic heterocycles. The van der Waals surface area contributed by atoms with Crippen LogP contribution in [0.3, 0.4) is 0 Å². The molecule has 1 N–H and O–H groups in total. The first-order chi connectivity index (χ1) is 15.7. The molecule has 0 bridgehead atoms. The van der Waals surface area contributed by atoms with Gasteiger partial charge in [-0.25, -0.2) is 13.2 Å². The van der Waals surface area contributed by atoms with Gasteiger partial charge in [0.25, 0.3) is 11.8 Å². The monoisotopic (exact) mass is 463 g/mol. The lowest BCUT2D eigenvalue weighted by Gasteiger charge is -2.56. The maximum absolute atomic E-state index is 15.9. The molecule has 5 heterocycles. The molecule has 1 aromatic carbocycles. The summed E-state index contributed by atoms with van der Waals surface area (Å²) in [5.41, 5.74) is 0.425. The molecule has 8 nitrogen and oxygen atoms in total. The van der Waals surface area contributed by atoms with Crippen LogP contribution >= 0.6 is 0 Å². The number of morpholine rings is 1. The molecule has 33 heavy (non-hydrogen) atoms. The molecule has 0 saturated carbocycles. The number of anilines is 1. The minimum atomic E-state index is -2.90. The minimum absolute atomic E-state index is 0.109. The van der Waals surface area contributed by atoms with Crippen LogP contribution in [0.15, 0.2) is 15.6 Å². The highest BCUT2D eigenvalue weighted by Crippen LogP contribution is 2.48. The molecular weight excluding hydrogens is 439 g/mol. The van der Waals surface area contributed by atoms with Gasteiger partial charge in [0.1, 0.15) is 0 Å². The summed E-state index contributed by atoms with van der Waals surface area (Å²) in [7, 11) is 0. The maximum atomic E-state index is 15.9. The van der Waals surface area contributed by atoms with Crippen LogP contribution in [0.4, 0.5) is 18.9 Å². The summed E-state index contributed by atoms with van der Waals surface area (Å²) in [4.78, 5) is 20.3. The SMILES string of the molecule is C[C@H]1CN2c3c(cc4c(C(=O)N5CC(F)(F)C5)noc4c3F)CC3(C=NCNC3)[C@@H]2[C@@H](C)O1. The van der Waals surface area contributed by atoms with E-state index < -0.39 is 36.2 Å². The molecule has 0 aliphatic carbocycles. The number of benzene rings is 1. The molecule has 2 fully saturated rings. The van der Waals surface area contributed by atoms with Gasteiger partial charge in [-0.05, 0) is 31.9 Å². The van der Waals surface area contributed by atoms with Crippen molar-refractivity contribution in [1.29, 1.82) is 0 Å². The second-order valence-electron chi connectivity index (χ2n) is 9.68. The fourth-order valence-corrected chi connectivity index (χ4v) is 6.00. The molecule has 4 atom stereocenters. The van der Waals surface area contributed by atoms with Gasteiger partial charge in [0.05, 0.1) is 49.1 Å². The molecule has 6 rings (SSSR count). The number of fused-ring (bicyclic) bond motifs is 5.